The van der Waals surface area contributed by atoms with Crippen LogP contribution in [0, 0.1) is 0 Å². The SMILES string of the molecule is Brc1ccc2nc(C3CCC3)sc2c1. The fourth-order valence-electron chi connectivity index (χ4n) is 1.75. The summed E-state index contributed by atoms with van der Waals surface area (Å²) in [5, 5.41) is 1.34. The van der Waals surface area contributed by atoms with Gasteiger partial charge in [0.2, 0.25) is 0 Å². The molecule has 1 saturated carbocycles. The number of halogens is 1. The number of nitrogens with zero attached hydrogens (tertiary/aromatic N) is 1. The Morgan fingerprint density at radius 2 is 2.21 bits per heavy atom. The summed E-state index contributed by atoms with van der Waals surface area (Å²) < 4.78 is 2.45. The molecule has 1 aliphatic carbocycles. The van der Waals surface area contributed by atoms with Crippen LogP contribution in [0.15, 0.2) is 22.7 Å². The second-order valence-corrected chi connectivity index (χ2v) is 5.77. The van der Waals surface area contributed by atoms with Crippen molar-refractivity contribution in [3.63, 3.8) is 0 Å². The molecule has 0 N–H and O–H groups in total. The van der Waals surface area contributed by atoms with Crippen LogP contribution in [0.4, 0.5) is 0 Å². The lowest BCUT2D eigenvalue weighted by Crippen LogP contribution is -2.07. The van der Waals surface area contributed by atoms with Gasteiger partial charge in [-0.15, -0.1) is 11.3 Å². The molecule has 0 atom stereocenters. The highest BCUT2D eigenvalue weighted by molar-refractivity contribution is 9.10. The third kappa shape index (κ3) is 1.39. The zero-order valence-corrected chi connectivity index (χ0v) is 10.1. The molecule has 1 aromatic heterocycles. The minimum absolute atomic E-state index is 0.756. The summed E-state index contributed by atoms with van der Waals surface area (Å²) in [6.07, 6.45) is 4.05. The molecular formula is C11H10BrNS. The maximum Gasteiger partial charge on any atom is 0.0969 e. The number of rotatable bonds is 1. The molecule has 1 fully saturated rings. The lowest BCUT2D eigenvalue weighted by Gasteiger charge is -2.22. The summed E-state index contributed by atoms with van der Waals surface area (Å²) >= 11 is 5.34. The number of hydrogen-bond donors (Lipinski definition) is 0. The highest BCUT2D eigenvalue weighted by atomic mass is 79.9. The summed E-state index contributed by atoms with van der Waals surface area (Å²) in [5.74, 6) is 0.756. The van der Waals surface area contributed by atoms with E-state index in [9.17, 15) is 0 Å². The van der Waals surface area contributed by atoms with Crippen molar-refractivity contribution in [2.45, 2.75) is 25.2 Å². The van der Waals surface area contributed by atoms with E-state index in [0.29, 0.717) is 0 Å². The summed E-state index contributed by atoms with van der Waals surface area (Å²) in [6, 6.07) is 6.32. The maximum atomic E-state index is 4.67. The predicted octanol–water partition coefficient (Wildman–Crippen LogP) is 4.33. The number of fused-ring (bicyclic) bond motifs is 1. The third-order valence-corrected chi connectivity index (χ3v) is 4.50. The van der Waals surface area contributed by atoms with Crippen LogP contribution in [0.2, 0.25) is 0 Å². The van der Waals surface area contributed by atoms with Crippen LogP contribution >= 0.6 is 27.3 Å². The maximum absolute atomic E-state index is 4.67. The molecule has 1 heterocycles. The van der Waals surface area contributed by atoms with Gasteiger partial charge in [0, 0.05) is 10.4 Å². The molecule has 1 nitrogen and oxygen atoms in total. The molecule has 0 radical (unpaired) electrons. The second-order valence-electron chi connectivity index (χ2n) is 3.79. The first kappa shape index (κ1) is 8.86. The standard InChI is InChI=1S/C11H10BrNS/c12-8-4-5-9-10(6-8)14-11(13-9)7-2-1-3-7/h4-7H,1-3H2. The minimum Gasteiger partial charge on any atom is -0.241 e. The van der Waals surface area contributed by atoms with Crippen molar-refractivity contribution in [3.8, 4) is 0 Å². The largest absolute Gasteiger partial charge is 0.241 e. The minimum atomic E-state index is 0.756. The Balaban J connectivity index is 2.10. The van der Waals surface area contributed by atoms with Gasteiger partial charge in [0.15, 0.2) is 0 Å². The molecule has 0 amide bonds. The smallest absolute Gasteiger partial charge is 0.0969 e. The topological polar surface area (TPSA) is 12.9 Å². The van der Waals surface area contributed by atoms with Gasteiger partial charge in [0.25, 0.3) is 0 Å². The molecule has 0 spiro atoms. The van der Waals surface area contributed by atoms with Crippen molar-refractivity contribution in [2.75, 3.05) is 0 Å². The first-order valence-electron chi connectivity index (χ1n) is 4.89. The molecular weight excluding hydrogens is 258 g/mol. The van der Waals surface area contributed by atoms with Gasteiger partial charge in [-0.2, -0.15) is 0 Å². The first-order chi connectivity index (χ1) is 6.83. The van der Waals surface area contributed by atoms with Gasteiger partial charge in [-0.1, -0.05) is 22.4 Å². The molecule has 2 aromatic rings. The van der Waals surface area contributed by atoms with E-state index in [1.54, 1.807) is 0 Å². The quantitative estimate of drug-likeness (QED) is 0.750. The zero-order valence-electron chi connectivity index (χ0n) is 7.66. The van der Waals surface area contributed by atoms with Crippen LogP contribution in [-0.4, -0.2) is 4.98 Å². The van der Waals surface area contributed by atoms with Crippen molar-refractivity contribution in [2.24, 2.45) is 0 Å². The van der Waals surface area contributed by atoms with E-state index in [4.69, 9.17) is 0 Å². The van der Waals surface area contributed by atoms with E-state index in [0.717, 1.165) is 15.9 Å². The Morgan fingerprint density at radius 1 is 1.36 bits per heavy atom. The molecule has 72 valence electrons. The number of aromatic nitrogens is 1. The van der Waals surface area contributed by atoms with E-state index in [2.05, 4.69) is 39.1 Å². The Labute approximate surface area is 95.3 Å². The summed E-state index contributed by atoms with van der Waals surface area (Å²) in [5.41, 5.74) is 1.15. The highest BCUT2D eigenvalue weighted by Gasteiger charge is 2.22. The van der Waals surface area contributed by atoms with E-state index in [-0.39, 0.29) is 0 Å². The molecule has 0 bridgehead atoms. The Bertz CT molecular complexity index is 473. The molecule has 0 aliphatic heterocycles. The van der Waals surface area contributed by atoms with Crippen molar-refractivity contribution < 1.29 is 0 Å². The number of hydrogen-bond acceptors (Lipinski definition) is 2. The van der Waals surface area contributed by atoms with Crippen LogP contribution in [0.3, 0.4) is 0 Å². The fourth-order valence-corrected chi connectivity index (χ4v) is 3.43. The molecule has 14 heavy (non-hydrogen) atoms. The van der Waals surface area contributed by atoms with Crippen LogP contribution in [0.1, 0.15) is 30.2 Å². The fraction of sp³-hybridized carbons (Fsp3) is 0.364. The predicted molar refractivity (Wildman–Crippen MR) is 63.9 cm³/mol. The average molecular weight is 268 g/mol. The van der Waals surface area contributed by atoms with Crippen molar-refractivity contribution >= 4 is 37.5 Å². The van der Waals surface area contributed by atoms with Gasteiger partial charge in [0.1, 0.15) is 0 Å². The van der Waals surface area contributed by atoms with Gasteiger partial charge >= 0.3 is 0 Å². The van der Waals surface area contributed by atoms with E-state index in [1.807, 2.05) is 11.3 Å². The van der Waals surface area contributed by atoms with Gasteiger partial charge in [-0.05, 0) is 31.0 Å². The highest BCUT2D eigenvalue weighted by Crippen LogP contribution is 2.40. The van der Waals surface area contributed by atoms with Crippen LogP contribution in [-0.2, 0) is 0 Å². The molecule has 3 heteroatoms. The van der Waals surface area contributed by atoms with Gasteiger partial charge in [0.05, 0.1) is 15.2 Å². The molecule has 1 aromatic carbocycles. The van der Waals surface area contributed by atoms with Crippen LogP contribution in [0.25, 0.3) is 10.2 Å². The Morgan fingerprint density at radius 3 is 2.93 bits per heavy atom. The van der Waals surface area contributed by atoms with Gasteiger partial charge in [-0.25, -0.2) is 4.98 Å². The lowest BCUT2D eigenvalue weighted by atomic mass is 9.86. The Hall–Kier alpha value is -0.410. The number of benzene rings is 1. The molecule has 3 rings (SSSR count). The molecule has 0 saturated heterocycles. The van der Waals surface area contributed by atoms with E-state index in [1.165, 1.54) is 29.0 Å². The van der Waals surface area contributed by atoms with Gasteiger partial charge in [-0.3, -0.25) is 0 Å². The van der Waals surface area contributed by atoms with Crippen molar-refractivity contribution in [1.82, 2.24) is 4.98 Å². The van der Waals surface area contributed by atoms with E-state index < -0.39 is 0 Å². The average Bonchev–Trinajstić information content (AvgIpc) is 2.43. The zero-order chi connectivity index (χ0) is 9.54. The third-order valence-electron chi connectivity index (χ3n) is 2.82. The Kier molecular flexibility index (Phi) is 2.10. The monoisotopic (exact) mass is 267 g/mol. The van der Waals surface area contributed by atoms with Crippen LogP contribution in [0.5, 0.6) is 0 Å². The second kappa shape index (κ2) is 3.31. The van der Waals surface area contributed by atoms with Crippen molar-refractivity contribution in [3.05, 3.63) is 27.7 Å². The van der Waals surface area contributed by atoms with Crippen LogP contribution < -0.4 is 0 Å². The molecule has 1 aliphatic rings. The normalized spacial score (nSPS) is 17.2. The number of thiazole rings is 1. The summed E-state index contributed by atoms with van der Waals surface area (Å²) in [6.45, 7) is 0. The first-order valence-corrected chi connectivity index (χ1v) is 6.50. The van der Waals surface area contributed by atoms with Gasteiger partial charge < -0.3 is 0 Å². The summed E-state index contributed by atoms with van der Waals surface area (Å²) in [4.78, 5) is 4.67. The van der Waals surface area contributed by atoms with E-state index >= 15 is 0 Å². The molecule has 0 unspecified atom stereocenters. The summed E-state index contributed by atoms with van der Waals surface area (Å²) in [7, 11) is 0. The lowest BCUT2D eigenvalue weighted by molar-refractivity contribution is 0.419. The van der Waals surface area contributed by atoms with Crippen molar-refractivity contribution in [1.29, 1.82) is 0 Å².